The van der Waals surface area contributed by atoms with Gasteiger partial charge in [-0.1, -0.05) is 25.0 Å². The molecule has 4 rings (SSSR count). The summed E-state index contributed by atoms with van der Waals surface area (Å²) in [5, 5.41) is 1.52. The fourth-order valence-corrected chi connectivity index (χ4v) is 4.41. The number of thiophene rings is 1. The van der Waals surface area contributed by atoms with Crippen molar-refractivity contribution in [2.45, 2.75) is 25.7 Å². The molecule has 0 radical (unpaired) electrons. The van der Waals surface area contributed by atoms with Crippen molar-refractivity contribution in [3.63, 3.8) is 0 Å². The van der Waals surface area contributed by atoms with E-state index in [4.69, 9.17) is 4.74 Å². The molecule has 0 atom stereocenters. The normalized spacial score (nSPS) is 15.9. The van der Waals surface area contributed by atoms with Crippen LogP contribution in [0.1, 0.15) is 25.7 Å². The third-order valence-electron chi connectivity index (χ3n) is 4.47. The third-order valence-corrected chi connectivity index (χ3v) is 5.69. The van der Waals surface area contributed by atoms with Gasteiger partial charge >= 0.3 is 0 Å². The van der Waals surface area contributed by atoms with Crippen LogP contribution in [0.2, 0.25) is 0 Å². The molecule has 1 aromatic heterocycles. The van der Waals surface area contributed by atoms with Gasteiger partial charge in [0.1, 0.15) is 5.82 Å². The smallest absolute Gasteiger partial charge is 0.182 e. The van der Waals surface area contributed by atoms with Gasteiger partial charge in [0.2, 0.25) is 0 Å². The van der Waals surface area contributed by atoms with Crippen molar-refractivity contribution in [1.82, 2.24) is 0 Å². The number of benzene rings is 2. The number of hydrogen-bond acceptors (Lipinski definition) is 2. The molecule has 2 aromatic carbocycles. The molecular weight excluding hydrogens is 302 g/mol. The van der Waals surface area contributed by atoms with Crippen LogP contribution in [0.3, 0.4) is 0 Å². The first-order valence-electron chi connectivity index (χ1n) is 7.66. The van der Waals surface area contributed by atoms with Crippen LogP contribution >= 0.6 is 11.3 Å². The van der Waals surface area contributed by atoms with Crippen molar-refractivity contribution in [3.05, 3.63) is 42.0 Å². The number of halogens is 2. The standard InChI is InChI=1S/C18H16F2OS/c19-14-7-3-6-12-13-8-9-15(16(20)18(13)22-17(12)14)21-10-11-4-1-2-5-11/h3,6-9,11H,1-2,4-5,10H2. The molecule has 3 aromatic rings. The van der Waals surface area contributed by atoms with Gasteiger partial charge in [-0.25, -0.2) is 8.78 Å². The Balaban J connectivity index is 1.73. The molecule has 1 fully saturated rings. The summed E-state index contributed by atoms with van der Waals surface area (Å²) < 4.78 is 35.2. The highest BCUT2D eigenvalue weighted by atomic mass is 32.1. The first-order valence-corrected chi connectivity index (χ1v) is 8.47. The van der Waals surface area contributed by atoms with Crippen molar-refractivity contribution in [3.8, 4) is 5.75 Å². The van der Waals surface area contributed by atoms with Crippen molar-refractivity contribution in [2.75, 3.05) is 6.61 Å². The van der Waals surface area contributed by atoms with Crippen LogP contribution < -0.4 is 4.74 Å². The average molecular weight is 318 g/mol. The Labute approximate surface area is 131 Å². The van der Waals surface area contributed by atoms with Gasteiger partial charge in [-0.15, -0.1) is 11.3 Å². The van der Waals surface area contributed by atoms with E-state index >= 15 is 0 Å². The van der Waals surface area contributed by atoms with Crippen LogP contribution in [0.4, 0.5) is 8.78 Å². The maximum absolute atomic E-state index is 14.7. The van der Waals surface area contributed by atoms with Crippen molar-refractivity contribution >= 4 is 31.5 Å². The van der Waals surface area contributed by atoms with Gasteiger partial charge in [-0.2, -0.15) is 0 Å². The minimum Gasteiger partial charge on any atom is -0.490 e. The Morgan fingerprint density at radius 2 is 1.77 bits per heavy atom. The lowest BCUT2D eigenvalue weighted by Crippen LogP contribution is -2.08. The summed E-state index contributed by atoms with van der Waals surface area (Å²) in [6.07, 6.45) is 4.81. The summed E-state index contributed by atoms with van der Waals surface area (Å²) in [5.74, 6) is 0.156. The van der Waals surface area contributed by atoms with E-state index in [0.717, 1.165) is 35.0 Å². The molecule has 0 amide bonds. The molecule has 0 bridgehead atoms. The van der Waals surface area contributed by atoms with E-state index < -0.39 is 0 Å². The summed E-state index contributed by atoms with van der Waals surface area (Å²) in [4.78, 5) is 0. The molecule has 22 heavy (non-hydrogen) atoms. The van der Waals surface area contributed by atoms with E-state index in [1.807, 2.05) is 12.1 Å². The van der Waals surface area contributed by atoms with Gasteiger partial charge in [0, 0.05) is 10.8 Å². The predicted octanol–water partition coefficient (Wildman–Crippen LogP) is 5.90. The quantitative estimate of drug-likeness (QED) is 0.584. The molecule has 4 heteroatoms. The van der Waals surface area contributed by atoms with E-state index in [1.165, 1.54) is 18.9 Å². The summed E-state index contributed by atoms with van der Waals surface area (Å²) >= 11 is 1.16. The van der Waals surface area contributed by atoms with Gasteiger partial charge in [0.05, 0.1) is 16.0 Å². The fourth-order valence-electron chi connectivity index (χ4n) is 3.27. The van der Waals surface area contributed by atoms with Crippen molar-refractivity contribution < 1.29 is 13.5 Å². The van der Waals surface area contributed by atoms with Crippen LogP contribution in [-0.2, 0) is 0 Å². The van der Waals surface area contributed by atoms with Crippen LogP contribution in [-0.4, -0.2) is 6.61 Å². The number of hydrogen-bond donors (Lipinski definition) is 0. The van der Waals surface area contributed by atoms with E-state index in [0.29, 0.717) is 21.9 Å². The lowest BCUT2D eigenvalue weighted by molar-refractivity contribution is 0.243. The second-order valence-electron chi connectivity index (χ2n) is 5.93. The number of fused-ring (bicyclic) bond motifs is 3. The largest absolute Gasteiger partial charge is 0.490 e. The molecule has 1 heterocycles. The highest BCUT2D eigenvalue weighted by Crippen LogP contribution is 2.39. The minimum atomic E-state index is -0.365. The van der Waals surface area contributed by atoms with E-state index in [1.54, 1.807) is 12.1 Å². The van der Waals surface area contributed by atoms with Gasteiger partial charge < -0.3 is 4.74 Å². The van der Waals surface area contributed by atoms with E-state index in [9.17, 15) is 8.78 Å². The van der Waals surface area contributed by atoms with Gasteiger partial charge in [-0.05, 0) is 37.0 Å². The highest BCUT2D eigenvalue weighted by Gasteiger charge is 2.19. The van der Waals surface area contributed by atoms with E-state index in [2.05, 4.69) is 0 Å². The third kappa shape index (κ3) is 2.26. The van der Waals surface area contributed by atoms with Crippen molar-refractivity contribution in [1.29, 1.82) is 0 Å². The summed E-state index contributed by atoms with van der Waals surface area (Å²) in [6.45, 7) is 0.571. The molecule has 1 aliphatic rings. The minimum absolute atomic E-state index is 0.284. The molecule has 0 spiro atoms. The molecule has 1 aliphatic carbocycles. The zero-order valence-corrected chi connectivity index (χ0v) is 12.9. The van der Waals surface area contributed by atoms with Gasteiger partial charge in [0.25, 0.3) is 0 Å². The number of rotatable bonds is 3. The maximum Gasteiger partial charge on any atom is 0.182 e. The number of ether oxygens (including phenoxy) is 1. The molecule has 114 valence electrons. The lowest BCUT2D eigenvalue weighted by atomic mass is 10.1. The van der Waals surface area contributed by atoms with Crippen molar-refractivity contribution in [2.24, 2.45) is 5.92 Å². The summed E-state index contributed by atoms with van der Waals surface area (Å²) in [5.41, 5.74) is 0. The second-order valence-corrected chi connectivity index (χ2v) is 6.96. The summed E-state index contributed by atoms with van der Waals surface area (Å²) in [6, 6.07) is 8.40. The van der Waals surface area contributed by atoms with Gasteiger partial charge in [-0.3, -0.25) is 0 Å². The Morgan fingerprint density at radius 3 is 2.59 bits per heavy atom. The topological polar surface area (TPSA) is 9.23 Å². The van der Waals surface area contributed by atoms with Gasteiger partial charge in [0.15, 0.2) is 11.6 Å². The fraction of sp³-hybridized carbons (Fsp3) is 0.333. The van der Waals surface area contributed by atoms with Crippen LogP contribution in [0.15, 0.2) is 30.3 Å². The Morgan fingerprint density at radius 1 is 1.00 bits per heavy atom. The molecule has 0 N–H and O–H groups in total. The predicted molar refractivity (Wildman–Crippen MR) is 86.7 cm³/mol. The lowest BCUT2D eigenvalue weighted by Gasteiger charge is -2.12. The molecule has 1 saturated carbocycles. The Bertz CT molecular complexity index is 834. The molecule has 1 nitrogen and oxygen atoms in total. The Hall–Kier alpha value is -1.68. The first-order chi connectivity index (χ1) is 10.7. The van der Waals surface area contributed by atoms with Crippen LogP contribution in [0.5, 0.6) is 5.75 Å². The zero-order chi connectivity index (χ0) is 15.1. The van der Waals surface area contributed by atoms with Crippen LogP contribution in [0.25, 0.3) is 20.2 Å². The zero-order valence-electron chi connectivity index (χ0n) is 12.1. The molecule has 0 saturated heterocycles. The Kier molecular flexibility index (Phi) is 3.49. The molecule has 0 unspecified atom stereocenters. The summed E-state index contributed by atoms with van der Waals surface area (Å²) in [7, 11) is 0. The SMILES string of the molecule is Fc1cccc2c1sc1c(F)c(OCC3CCCC3)ccc12. The van der Waals surface area contributed by atoms with E-state index in [-0.39, 0.29) is 17.4 Å². The average Bonchev–Trinajstić information content (AvgIpc) is 3.15. The molecule has 0 aliphatic heterocycles. The highest BCUT2D eigenvalue weighted by molar-refractivity contribution is 7.25. The monoisotopic (exact) mass is 318 g/mol. The van der Waals surface area contributed by atoms with Crippen LogP contribution in [0, 0.1) is 17.6 Å². The maximum atomic E-state index is 14.7. The first kappa shape index (κ1) is 13.9. The molecular formula is C18H16F2OS. The second kappa shape index (κ2) is 5.51.